The standard InChI is InChI=1S/C15H13ClFNO3/c1-3-21-15(19)10-6-11(16)14(18-8-10)9-4-5-13(20-2)12(17)7-9/h4-8H,3H2,1-2H3. The van der Waals surface area contributed by atoms with Gasteiger partial charge in [-0.3, -0.25) is 4.98 Å². The lowest BCUT2D eigenvalue weighted by Crippen LogP contribution is -2.05. The smallest absolute Gasteiger partial charge is 0.339 e. The number of carbonyl (C=O) groups is 1. The van der Waals surface area contributed by atoms with Crippen LogP contribution < -0.4 is 4.74 Å². The van der Waals surface area contributed by atoms with Crippen molar-refractivity contribution in [2.24, 2.45) is 0 Å². The molecule has 0 fully saturated rings. The number of ether oxygens (including phenoxy) is 2. The molecule has 0 bridgehead atoms. The van der Waals surface area contributed by atoms with Crippen molar-refractivity contribution in [1.29, 1.82) is 0 Å². The fourth-order valence-corrected chi connectivity index (χ4v) is 2.07. The molecular weight excluding hydrogens is 297 g/mol. The Balaban J connectivity index is 2.37. The third-order valence-corrected chi connectivity index (χ3v) is 3.07. The van der Waals surface area contributed by atoms with Crippen molar-refractivity contribution in [2.45, 2.75) is 6.92 Å². The van der Waals surface area contributed by atoms with Gasteiger partial charge >= 0.3 is 5.97 Å². The molecule has 0 atom stereocenters. The van der Waals surface area contributed by atoms with Gasteiger partial charge in [0.1, 0.15) is 0 Å². The van der Waals surface area contributed by atoms with E-state index in [2.05, 4.69) is 4.98 Å². The average molecular weight is 310 g/mol. The summed E-state index contributed by atoms with van der Waals surface area (Å²) < 4.78 is 23.4. The number of pyridine rings is 1. The minimum absolute atomic E-state index is 0.137. The van der Waals surface area contributed by atoms with E-state index in [-0.39, 0.29) is 22.9 Å². The van der Waals surface area contributed by atoms with Gasteiger partial charge in [0.05, 0.1) is 30.0 Å². The van der Waals surface area contributed by atoms with Gasteiger partial charge in [-0.1, -0.05) is 11.6 Å². The third-order valence-electron chi connectivity index (χ3n) is 2.78. The van der Waals surface area contributed by atoms with Crippen LogP contribution in [0.1, 0.15) is 17.3 Å². The lowest BCUT2D eigenvalue weighted by molar-refractivity contribution is 0.0526. The SMILES string of the molecule is CCOC(=O)c1cnc(-c2ccc(OC)c(F)c2)c(Cl)c1. The summed E-state index contributed by atoms with van der Waals surface area (Å²) in [4.78, 5) is 15.7. The number of benzene rings is 1. The van der Waals surface area contributed by atoms with E-state index in [9.17, 15) is 9.18 Å². The van der Waals surface area contributed by atoms with Crippen molar-refractivity contribution in [1.82, 2.24) is 4.98 Å². The van der Waals surface area contributed by atoms with Crippen LogP contribution in [0, 0.1) is 5.82 Å². The molecule has 2 aromatic rings. The van der Waals surface area contributed by atoms with E-state index in [1.165, 1.54) is 31.5 Å². The Labute approximate surface area is 126 Å². The zero-order valence-electron chi connectivity index (χ0n) is 11.5. The third kappa shape index (κ3) is 3.31. The Hall–Kier alpha value is -2.14. The summed E-state index contributed by atoms with van der Waals surface area (Å²) in [6.07, 6.45) is 1.35. The molecule has 0 saturated heterocycles. The van der Waals surface area contributed by atoms with Gasteiger partial charge in [-0.25, -0.2) is 9.18 Å². The largest absolute Gasteiger partial charge is 0.494 e. The van der Waals surface area contributed by atoms with Gasteiger partial charge in [-0.05, 0) is 31.2 Å². The highest BCUT2D eigenvalue weighted by Gasteiger charge is 2.13. The lowest BCUT2D eigenvalue weighted by Gasteiger charge is -2.08. The van der Waals surface area contributed by atoms with E-state index in [0.717, 1.165) is 0 Å². The second kappa shape index (κ2) is 6.54. The normalized spacial score (nSPS) is 10.3. The Morgan fingerprint density at radius 1 is 1.38 bits per heavy atom. The number of nitrogens with zero attached hydrogens (tertiary/aromatic N) is 1. The van der Waals surface area contributed by atoms with Crippen LogP contribution in [0.15, 0.2) is 30.5 Å². The molecular formula is C15H13ClFNO3. The van der Waals surface area contributed by atoms with Gasteiger partial charge in [0.2, 0.25) is 0 Å². The maximum absolute atomic E-state index is 13.7. The Kier molecular flexibility index (Phi) is 4.75. The number of halogens is 2. The number of aromatic nitrogens is 1. The van der Waals surface area contributed by atoms with Crippen molar-refractivity contribution in [3.05, 3.63) is 46.9 Å². The fourth-order valence-electron chi connectivity index (χ4n) is 1.79. The van der Waals surface area contributed by atoms with Crippen molar-refractivity contribution in [3.63, 3.8) is 0 Å². The number of rotatable bonds is 4. The Morgan fingerprint density at radius 2 is 2.14 bits per heavy atom. The first-order chi connectivity index (χ1) is 10.1. The quantitative estimate of drug-likeness (QED) is 0.808. The number of hydrogen-bond donors (Lipinski definition) is 0. The molecule has 21 heavy (non-hydrogen) atoms. The molecule has 0 spiro atoms. The summed E-state index contributed by atoms with van der Waals surface area (Å²) >= 11 is 6.11. The minimum atomic E-state index is -0.512. The maximum Gasteiger partial charge on any atom is 0.339 e. The molecule has 0 amide bonds. The van der Waals surface area contributed by atoms with Crippen LogP contribution >= 0.6 is 11.6 Å². The van der Waals surface area contributed by atoms with Gasteiger partial charge in [0.25, 0.3) is 0 Å². The number of esters is 1. The highest BCUT2D eigenvalue weighted by atomic mass is 35.5. The van der Waals surface area contributed by atoms with Gasteiger partial charge in [0.15, 0.2) is 11.6 Å². The molecule has 0 radical (unpaired) electrons. The number of hydrogen-bond acceptors (Lipinski definition) is 4. The number of methoxy groups -OCH3 is 1. The fraction of sp³-hybridized carbons (Fsp3) is 0.200. The number of carbonyl (C=O) groups excluding carboxylic acids is 1. The first-order valence-electron chi connectivity index (χ1n) is 6.23. The van der Waals surface area contributed by atoms with Gasteiger partial charge in [-0.2, -0.15) is 0 Å². The van der Waals surface area contributed by atoms with Crippen LogP contribution in [0.5, 0.6) is 5.75 Å². The summed E-state index contributed by atoms with van der Waals surface area (Å²) in [7, 11) is 1.39. The molecule has 0 aliphatic rings. The molecule has 0 aliphatic heterocycles. The molecule has 110 valence electrons. The molecule has 0 unspecified atom stereocenters. The van der Waals surface area contributed by atoms with Crippen molar-refractivity contribution in [2.75, 3.05) is 13.7 Å². The van der Waals surface area contributed by atoms with Gasteiger partial charge in [-0.15, -0.1) is 0 Å². The summed E-state index contributed by atoms with van der Waals surface area (Å²) in [6, 6.07) is 5.85. The predicted molar refractivity (Wildman–Crippen MR) is 77.1 cm³/mol. The van der Waals surface area contributed by atoms with Crippen LogP contribution in [-0.2, 0) is 4.74 Å². The topological polar surface area (TPSA) is 48.4 Å². The van der Waals surface area contributed by atoms with Gasteiger partial charge in [0, 0.05) is 11.8 Å². The summed E-state index contributed by atoms with van der Waals surface area (Å²) in [5, 5.41) is 0.241. The monoisotopic (exact) mass is 309 g/mol. The van der Waals surface area contributed by atoms with E-state index in [1.807, 2.05) is 0 Å². The zero-order chi connectivity index (χ0) is 15.4. The average Bonchev–Trinajstić information content (AvgIpc) is 2.47. The van der Waals surface area contributed by atoms with Crippen molar-refractivity contribution in [3.8, 4) is 17.0 Å². The zero-order valence-corrected chi connectivity index (χ0v) is 12.3. The summed E-state index contributed by atoms with van der Waals surface area (Å²) in [5.41, 5.74) is 1.12. The minimum Gasteiger partial charge on any atom is -0.494 e. The van der Waals surface area contributed by atoms with E-state index < -0.39 is 11.8 Å². The lowest BCUT2D eigenvalue weighted by atomic mass is 10.1. The molecule has 0 N–H and O–H groups in total. The van der Waals surface area contributed by atoms with E-state index in [1.54, 1.807) is 13.0 Å². The molecule has 0 aliphatic carbocycles. The first-order valence-corrected chi connectivity index (χ1v) is 6.61. The molecule has 4 nitrogen and oxygen atoms in total. The van der Waals surface area contributed by atoms with Crippen LogP contribution in [0.2, 0.25) is 5.02 Å². The van der Waals surface area contributed by atoms with E-state index in [4.69, 9.17) is 21.1 Å². The molecule has 1 aromatic heterocycles. The molecule has 6 heteroatoms. The first kappa shape index (κ1) is 15.3. The summed E-state index contributed by atoms with van der Waals surface area (Å²) in [6.45, 7) is 1.98. The van der Waals surface area contributed by atoms with Crippen LogP contribution in [0.25, 0.3) is 11.3 Å². The van der Waals surface area contributed by atoms with Crippen LogP contribution in [0.4, 0.5) is 4.39 Å². The van der Waals surface area contributed by atoms with Crippen molar-refractivity contribution >= 4 is 17.6 Å². The van der Waals surface area contributed by atoms with Crippen molar-refractivity contribution < 1.29 is 18.7 Å². The maximum atomic E-state index is 13.7. The van der Waals surface area contributed by atoms with Crippen LogP contribution in [0.3, 0.4) is 0 Å². The van der Waals surface area contributed by atoms with Crippen LogP contribution in [-0.4, -0.2) is 24.7 Å². The van der Waals surface area contributed by atoms with Gasteiger partial charge < -0.3 is 9.47 Å². The second-order valence-electron chi connectivity index (χ2n) is 4.12. The highest BCUT2D eigenvalue weighted by molar-refractivity contribution is 6.33. The predicted octanol–water partition coefficient (Wildman–Crippen LogP) is 3.73. The molecule has 0 saturated carbocycles. The highest BCUT2D eigenvalue weighted by Crippen LogP contribution is 2.29. The van der Waals surface area contributed by atoms with E-state index >= 15 is 0 Å². The molecule has 1 heterocycles. The van der Waals surface area contributed by atoms with E-state index in [0.29, 0.717) is 11.3 Å². The molecule has 2 rings (SSSR count). The second-order valence-corrected chi connectivity index (χ2v) is 4.53. The summed E-state index contributed by atoms with van der Waals surface area (Å²) in [5.74, 6) is -0.875. The molecule has 1 aromatic carbocycles. The Bertz CT molecular complexity index is 676. The Morgan fingerprint density at radius 3 is 2.71 bits per heavy atom.